The van der Waals surface area contributed by atoms with Crippen LogP contribution in [-0.2, 0) is 21.1 Å². The average molecular weight is 428 g/mol. The maximum absolute atomic E-state index is 14.8. The summed E-state index contributed by atoms with van der Waals surface area (Å²) in [5, 5.41) is 15.7. The maximum atomic E-state index is 14.8. The van der Waals surface area contributed by atoms with Crippen LogP contribution in [0.15, 0.2) is 47.5 Å². The van der Waals surface area contributed by atoms with Crippen molar-refractivity contribution in [2.24, 2.45) is 0 Å². The number of aryl methyl sites for hydroxylation is 1. The van der Waals surface area contributed by atoms with E-state index in [2.05, 4.69) is 20.6 Å². The van der Waals surface area contributed by atoms with Gasteiger partial charge in [-0.25, -0.2) is 17.8 Å². The fraction of sp³-hybridized carbons (Fsp3) is 0.158. The van der Waals surface area contributed by atoms with Gasteiger partial charge in [-0.2, -0.15) is 4.98 Å². The smallest absolute Gasteiger partial charge is 0.423 e. The predicted molar refractivity (Wildman–Crippen MR) is 112 cm³/mol. The number of fused-ring (bicyclic) bond motifs is 1. The van der Waals surface area contributed by atoms with Crippen molar-refractivity contribution >= 4 is 45.6 Å². The molecular formula is C19H18BFN4O4S. The molecule has 8 nitrogen and oxygen atoms in total. The molecule has 2 aromatic carbocycles. The second kappa shape index (κ2) is 7.67. The number of aromatic nitrogens is 2. The largest absolute Gasteiger partial charge is 0.494 e. The lowest BCUT2D eigenvalue weighted by Gasteiger charge is -2.13. The lowest BCUT2D eigenvalue weighted by molar-refractivity contribution is 0.275. The first-order valence-corrected chi connectivity index (χ1v) is 10.9. The number of nitrogens with zero attached hydrogens (tertiary/aromatic N) is 2. The topological polar surface area (TPSA) is 113 Å². The minimum absolute atomic E-state index is 0.100. The van der Waals surface area contributed by atoms with E-state index in [0.717, 1.165) is 6.26 Å². The van der Waals surface area contributed by atoms with Gasteiger partial charge in [-0.1, -0.05) is 12.1 Å². The van der Waals surface area contributed by atoms with Crippen LogP contribution < -0.4 is 16.1 Å². The lowest BCUT2D eigenvalue weighted by atomic mass is 9.79. The third kappa shape index (κ3) is 3.99. The number of hydrogen-bond acceptors (Lipinski definition) is 8. The third-order valence-corrected chi connectivity index (χ3v) is 5.77. The summed E-state index contributed by atoms with van der Waals surface area (Å²) in [5.74, 6) is -0.0604. The molecule has 0 spiro atoms. The molecule has 11 heteroatoms. The molecule has 0 saturated heterocycles. The minimum atomic E-state index is -3.35. The fourth-order valence-corrected chi connectivity index (χ4v) is 3.73. The summed E-state index contributed by atoms with van der Waals surface area (Å²) in [4.78, 5) is 8.71. The Labute approximate surface area is 173 Å². The Morgan fingerprint density at radius 1 is 1.23 bits per heavy atom. The average Bonchev–Trinajstić information content (AvgIpc) is 3.08. The van der Waals surface area contributed by atoms with Crippen LogP contribution in [0.2, 0.25) is 0 Å². The Morgan fingerprint density at radius 2 is 2.03 bits per heavy atom. The van der Waals surface area contributed by atoms with Gasteiger partial charge in [0.2, 0.25) is 5.95 Å². The number of sulfone groups is 1. The lowest BCUT2D eigenvalue weighted by Crippen LogP contribution is -2.31. The fourth-order valence-electron chi connectivity index (χ4n) is 3.06. The Morgan fingerprint density at radius 3 is 2.80 bits per heavy atom. The maximum Gasteiger partial charge on any atom is 0.494 e. The molecule has 0 aliphatic carbocycles. The van der Waals surface area contributed by atoms with Crippen LogP contribution in [-0.4, -0.2) is 36.8 Å². The van der Waals surface area contributed by atoms with Gasteiger partial charge >= 0.3 is 7.12 Å². The van der Waals surface area contributed by atoms with Gasteiger partial charge in [-0.05, 0) is 36.8 Å². The number of hydrogen-bond donors (Lipinski definition) is 3. The van der Waals surface area contributed by atoms with E-state index in [1.807, 2.05) is 0 Å². The zero-order valence-corrected chi connectivity index (χ0v) is 17.0. The van der Waals surface area contributed by atoms with E-state index < -0.39 is 22.8 Å². The van der Waals surface area contributed by atoms with Crippen molar-refractivity contribution in [3.63, 3.8) is 0 Å². The summed E-state index contributed by atoms with van der Waals surface area (Å²) in [7, 11) is -4.65. The minimum Gasteiger partial charge on any atom is -0.423 e. The second-order valence-electron chi connectivity index (χ2n) is 6.94. The van der Waals surface area contributed by atoms with Gasteiger partial charge in [-0.3, -0.25) is 0 Å². The molecule has 3 aromatic rings. The summed E-state index contributed by atoms with van der Waals surface area (Å²) in [5.41, 5.74) is 2.04. The van der Waals surface area contributed by atoms with Crippen LogP contribution in [0.1, 0.15) is 11.1 Å². The number of halogens is 1. The van der Waals surface area contributed by atoms with Crippen molar-refractivity contribution < 1.29 is 22.5 Å². The van der Waals surface area contributed by atoms with Gasteiger partial charge in [0.15, 0.2) is 9.84 Å². The summed E-state index contributed by atoms with van der Waals surface area (Å²) >= 11 is 0. The molecule has 0 bridgehead atoms. The molecule has 1 aliphatic rings. The molecule has 4 rings (SSSR count). The highest BCUT2D eigenvalue weighted by molar-refractivity contribution is 7.90. The predicted octanol–water partition coefficient (Wildman–Crippen LogP) is 2.03. The van der Waals surface area contributed by atoms with E-state index >= 15 is 0 Å². The van der Waals surface area contributed by atoms with Crippen LogP contribution in [0.5, 0.6) is 0 Å². The quantitative estimate of drug-likeness (QED) is 0.530. The van der Waals surface area contributed by atoms with Crippen molar-refractivity contribution in [1.82, 2.24) is 9.97 Å². The molecule has 0 atom stereocenters. The molecule has 0 amide bonds. The number of rotatable bonds is 5. The molecule has 3 N–H and O–H groups in total. The van der Waals surface area contributed by atoms with E-state index in [0.29, 0.717) is 22.6 Å². The van der Waals surface area contributed by atoms with Gasteiger partial charge in [0, 0.05) is 29.2 Å². The number of nitrogens with one attached hydrogen (secondary N) is 2. The summed E-state index contributed by atoms with van der Waals surface area (Å²) in [6.07, 6.45) is 2.69. The molecule has 0 saturated carbocycles. The molecule has 2 heterocycles. The Hall–Kier alpha value is -3.02. The first-order chi connectivity index (χ1) is 14.2. The summed E-state index contributed by atoms with van der Waals surface area (Å²) in [6, 6.07) is 9.55. The molecule has 1 aromatic heterocycles. The zero-order chi connectivity index (χ0) is 21.5. The van der Waals surface area contributed by atoms with E-state index in [1.165, 1.54) is 18.2 Å². The van der Waals surface area contributed by atoms with Gasteiger partial charge in [0.05, 0.1) is 17.2 Å². The summed E-state index contributed by atoms with van der Waals surface area (Å²) < 4.78 is 43.4. The van der Waals surface area contributed by atoms with Gasteiger partial charge in [-0.15, -0.1) is 0 Å². The Kier molecular flexibility index (Phi) is 5.18. The zero-order valence-electron chi connectivity index (χ0n) is 16.2. The highest BCUT2D eigenvalue weighted by Gasteiger charge is 2.32. The molecule has 0 fully saturated rings. The van der Waals surface area contributed by atoms with Crippen molar-refractivity contribution in [3.8, 4) is 0 Å². The Bertz CT molecular complexity index is 1240. The van der Waals surface area contributed by atoms with Crippen molar-refractivity contribution in [3.05, 3.63) is 59.5 Å². The number of anilines is 4. The molecule has 1 aliphatic heterocycles. The molecule has 30 heavy (non-hydrogen) atoms. The monoisotopic (exact) mass is 428 g/mol. The van der Waals surface area contributed by atoms with E-state index in [-0.39, 0.29) is 28.6 Å². The molecule has 0 unspecified atom stereocenters. The van der Waals surface area contributed by atoms with E-state index in [9.17, 15) is 17.8 Å². The third-order valence-electron chi connectivity index (χ3n) is 4.66. The van der Waals surface area contributed by atoms with E-state index in [4.69, 9.17) is 4.65 Å². The van der Waals surface area contributed by atoms with Gasteiger partial charge in [0.25, 0.3) is 0 Å². The first kappa shape index (κ1) is 20.3. The van der Waals surface area contributed by atoms with Crippen LogP contribution in [0, 0.1) is 12.7 Å². The van der Waals surface area contributed by atoms with Crippen LogP contribution in [0.3, 0.4) is 0 Å². The van der Waals surface area contributed by atoms with Crippen LogP contribution >= 0.6 is 0 Å². The Balaban J connectivity index is 1.61. The SMILES string of the molecule is Cc1cnc(Nc2ccc3c(c2F)B(O)OC3)nc1Nc1cccc(S(C)(=O)=O)c1. The summed E-state index contributed by atoms with van der Waals surface area (Å²) in [6.45, 7) is 1.94. The number of benzene rings is 2. The van der Waals surface area contributed by atoms with Crippen molar-refractivity contribution in [2.45, 2.75) is 18.4 Å². The van der Waals surface area contributed by atoms with E-state index in [1.54, 1.807) is 31.3 Å². The normalized spacial score (nSPS) is 13.3. The highest BCUT2D eigenvalue weighted by Crippen LogP contribution is 2.25. The second-order valence-corrected chi connectivity index (χ2v) is 8.95. The van der Waals surface area contributed by atoms with Crippen molar-refractivity contribution in [1.29, 1.82) is 0 Å². The standard InChI is InChI=1S/C19H18BFN4O4S/c1-11-9-22-19(24-15-7-6-12-10-29-20(26)16(12)17(15)21)25-18(11)23-13-4-3-5-14(8-13)30(2,27)28/h3-9,26H,10H2,1-2H3,(H2,22,23,24,25). The van der Waals surface area contributed by atoms with Crippen LogP contribution in [0.4, 0.5) is 27.5 Å². The molecule has 154 valence electrons. The molecule has 0 radical (unpaired) electrons. The van der Waals surface area contributed by atoms with Gasteiger partial charge < -0.3 is 20.3 Å². The first-order valence-electron chi connectivity index (χ1n) is 9.01. The highest BCUT2D eigenvalue weighted by atomic mass is 32.2. The van der Waals surface area contributed by atoms with Crippen molar-refractivity contribution in [2.75, 3.05) is 16.9 Å². The van der Waals surface area contributed by atoms with Gasteiger partial charge in [0.1, 0.15) is 11.6 Å². The molecular weight excluding hydrogens is 410 g/mol. The van der Waals surface area contributed by atoms with Crippen LogP contribution in [0.25, 0.3) is 0 Å².